The highest BCUT2D eigenvalue weighted by atomic mass is 16.5. The minimum Gasteiger partial charge on any atom is -0.494 e. The van der Waals surface area contributed by atoms with Crippen molar-refractivity contribution in [3.63, 3.8) is 0 Å². The van der Waals surface area contributed by atoms with Crippen LogP contribution in [-0.2, 0) is 25.5 Å². The normalized spacial score (nSPS) is 17.2. The molecule has 5 rings (SSSR count). The molecule has 11 nitrogen and oxygen atoms in total. The molecule has 0 aliphatic carbocycles. The summed E-state index contributed by atoms with van der Waals surface area (Å²) in [5.41, 5.74) is 2.59. The Labute approximate surface area is 320 Å². The van der Waals surface area contributed by atoms with Crippen LogP contribution in [0.5, 0.6) is 34.5 Å². The molecule has 0 bridgehead atoms. The standard InChI is InChI=1S/C43H57NO10/c1-7-34(32-27-39(49-4)41(51-6)40(28-32)50-5)42(45)44-21-9-8-13-35(44)43(46)54-36(16-14-30-15-17-37(47-2)38(25-30)48-3)31-11-10-12-33(26-31)53-24-20-29-18-22-52-23-19-29/h10-12,15,17,25-29,34-36H,7-9,13-14,16,18-24H2,1-6H3/t34-,35-,36+/m0/s1. The molecular formula is C43H57NO10. The summed E-state index contributed by atoms with van der Waals surface area (Å²) in [4.78, 5) is 30.4. The SMILES string of the molecule is CC[C@H](C(=O)N1CCCC[C@H]1C(=O)O[C@H](CCc1ccc(OC)c(OC)c1)c1cccc(OCCC2CCOCC2)c1)c1cc(OC)c(OC)c(OC)c1. The quantitative estimate of drug-likeness (QED) is 0.120. The summed E-state index contributed by atoms with van der Waals surface area (Å²) in [5.74, 6) is 2.95. The van der Waals surface area contributed by atoms with Crippen LogP contribution in [0.25, 0.3) is 0 Å². The Balaban J connectivity index is 1.37. The molecule has 0 unspecified atom stereocenters. The van der Waals surface area contributed by atoms with Crippen LogP contribution in [0.3, 0.4) is 0 Å². The van der Waals surface area contributed by atoms with E-state index >= 15 is 0 Å². The minimum absolute atomic E-state index is 0.129. The molecule has 2 heterocycles. The van der Waals surface area contributed by atoms with Gasteiger partial charge in [-0.15, -0.1) is 0 Å². The van der Waals surface area contributed by atoms with Gasteiger partial charge in [-0.05, 0) is 117 Å². The van der Waals surface area contributed by atoms with Gasteiger partial charge in [-0.3, -0.25) is 4.79 Å². The number of esters is 1. The van der Waals surface area contributed by atoms with Gasteiger partial charge in [0.1, 0.15) is 17.9 Å². The van der Waals surface area contributed by atoms with Crippen molar-refractivity contribution in [2.24, 2.45) is 5.92 Å². The van der Waals surface area contributed by atoms with Crippen molar-refractivity contribution in [1.29, 1.82) is 0 Å². The van der Waals surface area contributed by atoms with E-state index in [1.807, 2.05) is 61.5 Å². The number of ether oxygens (including phenoxy) is 8. The van der Waals surface area contributed by atoms with E-state index in [9.17, 15) is 9.59 Å². The van der Waals surface area contributed by atoms with Gasteiger partial charge in [-0.25, -0.2) is 4.79 Å². The fourth-order valence-corrected chi connectivity index (χ4v) is 7.53. The molecule has 294 valence electrons. The third-order valence-electron chi connectivity index (χ3n) is 10.6. The Morgan fingerprint density at radius 1 is 0.796 bits per heavy atom. The predicted molar refractivity (Wildman–Crippen MR) is 205 cm³/mol. The number of amides is 1. The molecule has 0 aromatic heterocycles. The molecule has 1 amide bonds. The van der Waals surface area contributed by atoms with Gasteiger partial charge in [-0.2, -0.15) is 0 Å². The molecule has 0 radical (unpaired) electrons. The van der Waals surface area contributed by atoms with E-state index in [-0.39, 0.29) is 5.91 Å². The van der Waals surface area contributed by atoms with E-state index < -0.39 is 24.0 Å². The third kappa shape index (κ3) is 10.1. The first-order valence-corrected chi connectivity index (χ1v) is 19.2. The van der Waals surface area contributed by atoms with Gasteiger partial charge in [0.25, 0.3) is 0 Å². The Kier molecular flexibility index (Phi) is 15.1. The summed E-state index contributed by atoms with van der Waals surface area (Å²) in [6.07, 6.45) is 6.27. The maximum absolute atomic E-state index is 14.4. The smallest absolute Gasteiger partial charge is 0.329 e. The monoisotopic (exact) mass is 747 g/mol. The number of methoxy groups -OCH3 is 5. The molecule has 2 aliphatic heterocycles. The maximum Gasteiger partial charge on any atom is 0.329 e. The molecule has 11 heteroatoms. The zero-order valence-electron chi connectivity index (χ0n) is 32.7. The van der Waals surface area contributed by atoms with E-state index in [1.165, 1.54) is 0 Å². The van der Waals surface area contributed by atoms with Crippen molar-refractivity contribution in [2.45, 2.75) is 82.8 Å². The lowest BCUT2D eigenvalue weighted by atomic mass is 9.91. The van der Waals surface area contributed by atoms with Crippen LogP contribution in [0.2, 0.25) is 0 Å². The summed E-state index contributed by atoms with van der Waals surface area (Å²) >= 11 is 0. The molecule has 2 fully saturated rings. The molecule has 3 atom stereocenters. The van der Waals surface area contributed by atoms with Crippen LogP contribution < -0.4 is 28.4 Å². The summed E-state index contributed by atoms with van der Waals surface area (Å²) in [6.45, 7) is 4.65. The lowest BCUT2D eigenvalue weighted by Crippen LogP contribution is -2.50. The van der Waals surface area contributed by atoms with E-state index in [2.05, 4.69) is 0 Å². The van der Waals surface area contributed by atoms with Gasteiger partial charge in [-0.1, -0.05) is 25.1 Å². The first-order valence-electron chi connectivity index (χ1n) is 19.2. The van der Waals surface area contributed by atoms with Crippen molar-refractivity contribution in [3.05, 3.63) is 71.3 Å². The number of hydrogen-bond acceptors (Lipinski definition) is 10. The summed E-state index contributed by atoms with van der Waals surface area (Å²) in [5, 5.41) is 0. The second-order valence-electron chi connectivity index (χ2n) is 13.9. The van der Waals surface area contributed by atoms with Crippen LogP contribution in [-0.4, -0.2) is 84.7 Å². The molecule has 3 aromatic carbocycles. The molecule has 0 spiro atoms. The Hall–Kier alpha value is -4.64. The summed E-state index contributed by atoms with van der Waals surface area (Å²) in [7, 11) is 7.87. The second-order valence-corrected chi connectivity index (χ2v) is 13.9. The first kappa shape index (κ1) is 40.5. The average molecular weight is 748 g/mol. The zero-order valence-corrected chi connectivity index (χ0v) is 32.7. The predicted octanol–water partition coefficient (Wildman–Crippen LogP) is 7.72. The Morgan fingerprint density at radius 2 is 1.52 bits per heavy atom. The maximum atomic E-state index is 14.4. The van der Waals surface area contributed by atoms with Crippen LogP contribution in [0.1, 0.15) is 87.0 Å². The van der Waals surface area contributed by atoms with Crippen LogP contribution >= 0.6 is 0 Å². The highest BCUT2D eigenvalue weighted by Crippen LogP contribution is 2.41. The molecule has 3 aromatic rings. The summed E-state index contributed by atoms with van der Waals surface area (Å²) < 4.78 is 45.9. The lowest BCUT2D eigenvalue weighted by Gasteiger charge is -2.37. The number of hydrogen-bond donors (Lipinski definition) is 0. The van der Waals surface area contributed by atoms with E-state index in [0.29, 0.717) is 73.5 Å². The molecule has 0 N–H and O–H groups in total. The van der Waals surface area contributed by atoms with E-state index in [0.717, 1.165) is 67.8 Å². The number of likely N-dealkylation sites (tertiary alicyclic amines) is 1. The van der Waals surface area contributed by atoms with Gasteiger partial charge >= 0.3 is 5.97 Å². The molecule has 54 heavy (non-hydrogen) atoms. The van der Waals surface area contributed by atoms with E-state index in [4.69, 9.17) is 37.9 Å². The van der Waals surface area contributed by atoms with Gasteiger partial charge < -0.3 is 42.8 Å². The number of carbonyl (C=O) groups is 2. The van der Waals surface area contributed by atoms with Gasteiger partial charge in [0.15, 0.2) is 23.0 Å². The Bertz CT molecular complexity index is 1650. The number of aryl methyl sites for hydroxylation is 1. The van der Waals surface area contributed by atoms with Crippen LogP contribution in [0.15, 0.2) is 54.6 Å². The van der Waals surface area contributed by atoms with Crippen molar-refractivity contribution < 1.29 is 47.5 Å². The highest BCUT2D eigenvalue weighted by Gasteiger charge is 2.38. The van der Waals surface area contributed by atoms with Crippen molar-refractivity contribution in [3.8, 4) is 34.5 Å². The first-order chi connectivity index (χ1) is 26.3. The lowest BCUT2D eigenvalue weighted by molar-refractivity contribution is -0.162. The average Bonchev–Trinajstić information content (AvgIpc) is 3.22. The van der Waals surface area contributed by atoms with Gasteiger partial charge in [0.05, 0.1) is 48.1 Å². The number of nitrogens with zero attached hydrogens (tertiary/aromatic N) is 1. The fourth-order valence-electron chi connectivity index (χ4n) is 7.53. The van der Waals surface area contributed by atoms with Crippen molar-refractivity contribution in [2.75, 3.05) is 61.9 Å². The third-order valence-corrected chi connectivity index (χ3v) is 10.6. The van der Waals surface area contributed by atoms with Crippen LogP contribution in [0, 0.1) is 5.92 Å². The minimum atomic E-state index is -0.718. The number of benzene rings is 3. The number of piperidine rings is 1. The number of carbonyl (C=O) groups excluding carboxylic acids is 2. The molecule has 2 saturated heterocycles. The van der Waals surface area contributed by atoms with Gasteiger partial charge in [0, 0.05) is 19.8 Å². The van der Waals surface area contributed by atoms with Crippen LogP contribution in [0.4, 0.5) is 0 Å². The number of rotatable bonds is 18. The topological polar surface area (TPSA) is 111 Å². The Morgan fingerprint density at radius 3 is 2.19 bits per heavy atom. The summed E-state index contributed by atoms with van der Waals surface area (Å²) in [6, 6.07) is 16.6. The fraction of sp³-hybridized carbons (Fsp3) is 0.535. The molecule has 0 saturated carbocycles. The highest BCUT2D eigenvalue weighted by molar-refractivity contribution is 5.89. The second kappa shape index (κ2) is 20.2. The molecular weight excluding hydrogens is 690 g/mol. The van der Waals surface area contributed by atoms with E-state index in [1.54, 1.807) is 40.4 Å². The van der Waals surface area contributed by atoms with Crippen molar-refractivity contribution >= 4 is 11.9 Å². The van der Waals surface area contributed by atoms with Crippen molar-refractivity contribution in [1.82, 2.24) is 4.90 Å². The van der Waals surface area contributed by atoms with Gasteiger partial charge in [0.2, 0.25) is 11.7 Å². The molecule has 2 aliphatic rings. The zero-order chi connectivity index (χ0) is 38.5. The largest absolute Gasteiger partial charge is 0.494 e.